The second kappa shape index (κ2) is 6.81. The largest absolute Gasteiger partial charge is 0.268 e. The monoisotopic (exact) mass is 338 g/mol. The highest BCUT2D eigenvalue weighted by Gasteiger charge is 2.12. The first-order chi connectivity index (χ1) is 12.7. The molecule has 1 aromatic heterocycles. The third kappa shape index (κ3) is 2.95. The topological polar surface area (TPSA) is 34.9 Å². The third-order valence-corrected chi connectivity index (χ3v) is 4.38. The van der Waals surface area contributed by atoms with Crippen LogP contribution in [0.2, 0.25) is 0 Å². The van der Waals surface area contributed by atoms with Crippen LogP contribution >= 0.6 is 0 Å². The van der Waals surface area contributed by atoms with Gasteiger partial charge in [-0.15, -0.1) is 0 Å². The summed E-state index contributed by atoms with van der Waals surface area (Å²) in [7, 11) is 0. The molecule has 0 radical (unpaired) electrons. The average molecular weight is 338 g/mol. The zero-order valence-corrected chi connectivity index (χ0v) is 14.5. The molecule has 26 heavy (non-hydrogen) atoms. The predicted molar refractivity (Wildman–Crippen MR) is 107 cm³/mol. The summed E-state index contributed by atoms with van der Waals surface area (Å²) < 4.78 is 1.69. The molecule has 0 bridgehead atoms. The lowest BCUT2D eigenvalue weighted by Gasteiger charge is -2.13. The third-order valence-electron chi connectivity index (χ3n) is 4.38. The summed E-state index contributed by atoms with van der Waals surface area (Å²) in [5.74, 6) is 0.617. The summed E-state index contributed by atoms with van der Waals surface area (Å²) in [6.07, 6.45) is 3.88. The van der Waals surface area contributed by atoms with Crippen molar-refractivity contribution in [1.29, 1.82) is 0 Å². The van der Waals surface area contributed by atoms with E-state index in [1.165, 1.54) is 0 Å². The number of hydrogen-bond acceptors (Lipinski definition) is 2. The van der Waals surface area contributed by atoms with Gasteiger partial charge in [0.15, 0.2) is 0 Å². The van der Waals surface area contributed by atoms with Crippen LogP contribution in [0, 0.1) is 6.92 Å². The number of aromatic nitrogens is 2. The van der Waals surface area contributed by atoms with E-state index in [0.717, 1.165) is 16.8 Å². The summed E-state index contributed by atoms with van der Waals surface area (Å²) >= 11 is 0. The van der Waals surface area contributed by atoms with Gasteiger partial charge in [-0.1, -0.05) is 66.7 Å². The first kappa shape index (κ1) is 16.0. The van der Waals surface area contributed by atoms with Gasteiger partial charge in [0.05, 0.1) is 16.6 Å². The minimum Gasteiger partial charge on any atom is -0.268 e. The van der Waals surface area contributed by atoms with E-state index >= 15 is 0 Å². The van der Waals surface area contributed by atoms with Gasteiger partial charge in [-0.05, 0) is 42.3 Å². The van der Waals surface area contributed by atoms with Crippen LogP contribution < -0.4 is 5.56 Å². The number of fused-ring (bicyclic) bond motifs is 1. The molecule has 3 heteroatoms. The quantitative estimate of drug-likeness (QED) is 0.534. The Bertz CT molecular complexity index is 1160. The van der Waals surface area contributed by atoms with E-state index in [1.807, 2.05) is 97.9 Å². The molecule has 1 heterocycles. The maximum atomic E-state index is 13.2. The van der Waals surface area contributed by atoms with E-state index < -0.39 is 0 Å². The minimum absolute atomic E-state index is 0.0578. The molecule has 4 rings (SSSR count). The van der Waals surface area contributed by atoms with Gasteiger partial charge in [0, 0.05) is 0 Å². The highest BCUT2D eigenvalue weighted by Crippen LogP contribution is 2.18. The van der Waals surface area contributed by atoms with Crippen LogP contribution in [0.1, 0.15) is 17.0 Å². The fraction of sp³-hybridized carbons (Fsp3) is 0.0435. The summed E-state index contributed by atoms with van der Waals surface area (Å²) in [4.78, 5) is 17.9. The lowest BCUT2D eigenvalue weighted by atomic mass is 10.1. The van der Waals surface area contributed by atoms with Gasteiger partial charge >= 0.3 is 0 Å². The van der Waals surface area contributed by atoms with Crippen LogP contribution in [0.5, 0.6) is 0 Å². The molecule has 0 atom stereocenters. The molecule has 0 saturated heterocycles. The standard InChI is InChI=1S/C23H18N2O/c1-17-9-5-8-14-21(17)25-22(16-15-18-10-3-2-4-11-18)24-20-13-7-6-12-19(20)23(25)26/h2-16H,1H3/b16-15-. The average Bonchev–Trinajstić information content (AvgIpc) is 2.68. The van der Waals surface area contributed by atoms with Gasteiger partial charge < -0.3 is 0 Å². The number of benzene rings is 3. The van der Waals surface area contributed by atoms with Crippen molar-refractivity contribution in [3.8, 4) is 5.69 Å². The SMILES string of the molecule is Cc1ccccc1-n1c(/C=C\c2ccccc2)nc2ccccc2c1=O. The highest BCUT2D eigenvalue weighted by atomic mass is 16.1. The molecule has 0 fully saturated rings. The molecule has 0 aliphatic carbocycles. The van der Waals surface area contributed by atoms with Gasteiger partial charge in [0.25, 0.3) is 5.56 Å². The fourth-order valence-corrected chi connectivity index (χ4v) is 3.04. The van der Waals surface area contributed by atoms with Crippen molar-refractivity contribution >= 4 is 23.1 Å². The van der Waals surface area contributed by atoms with Crippen molar-refractivity contribution in [3.05, 3.63) is 106 Å². The van der Waals surface area contributed by atoms with Gasteiger partial charge in [-0.2, -0.15) is 0 Å². The lowest BCUT2D eigenvalue weighted by Crippen LogP contribution is -2.23. The lowest BCUT2D eigenvalue weighted by molar-refractivity contribution is 0.934. The van der Waals surface area contributed by atoms with Crippen LogP contribution in [-0.2, 0) is 0 Å². The van der Waals surface area contributed by atoms with Gasteiger partial charge in [-0.25, -0.2) is 4.98 Å². The van der Waals surface area contributed by atoms with E-state index in [2.05, 4.69) is 0 Å². The van der Waals surface area contributed by atoms with E-state index in [4.69, 9.17) is 4.98 Å². The Kier molecular flexibility index (Phi) is 4.20. The van der Waals surface area contributed by atoms with Crippen LogP contribution in [0.3, 0.4) is 0 Å². The van der Waals surface area contributed by atoms with Gasteiger partial charge in [0.1, 0.15) is 5.82 Å². The maximum absolute atomic E-state index is 13.2. The van der Waals surface area contributed by atoms with Crippen LogP contribution in [0.25, 0.3) is 28.7 Å². The van der Waals surface area contributed by atoms with Gasteiger partial charge in [0.2, 0.25) is 0 Å². The minimum atomic E-state index is -0.0578. The Morgan fingerprint density at radius 1 is 0.808 bits per heavy atom. The Morgan fingerprint density at radius 2 is 1.50 bits per heavy atom. The molecule has 0 N–H and O–H groups in total. The van der Waals surface area contributed by atoms with Crippen molar-refractivity contribution in [1.82, 2.24) is 9.55 Å². The Labute approximate surface area is 151 Å². The summed E-state index contributed by atoms with van der Waals surface area (Å²) in [5.41, 5.74) is 3.59. The molecule has 0 aliphatic heterocycles. The van der Waals surface area contributed by atoms with Gasteiger partial charge in [-0.3, -0.25) is 9.36 Å². The molecule has 0 spiro atoms. The molecule has 0 saturated carbocycles. The van der Waals surface area contributed by atoms with Crippen molar-refractivity contribution in [2.24, 2.45) is 0 Å². The second-order valence-corrected chi connectivity index (χ2v) is 6.16. The number of hydrogen-bond donors (Lipinski definition) is 0. The van der Waals surface area contributed by atoms with Crippen LogP contribution in [-0.4, -0.2) is 9.55 Å². The second-order valence-electron chi connectivity index (χ2n) is 6.16. The van der Waals surface area contributed by atoms with Crippen molar-refractivity contribution < 1.29 is 0 Å². The van der Waals surface area contributed by atoms with Crippen LogP contribution in [0.4, 0.5) is 0 Å². The summed E-state index contributed by atoms with van der Waals surface area (Å²) in [6.45, 7) is 2.00. The molecular formula is C23H18N2O. The van der Waals surface area contributed by atoms with Crippen LogP contribution in [0.15, 0.2) is 83.7 Å². The van der Waals surface area contributed by atoms with Crippen molar-refractivity contribution in [3.63, 3.8) is 0 Å². The Morgan fingerprint density at radius 3 is 2.31 bits per heavy atom. The summed E-state index contributed by atoms with van der Waals surface area (Å²) in [5, 5.41) is 0.618. The normalized spacial score (nSPS) is 11.3. The first-order valence-electron chi connectivity index (χ1n) is 8.55. The van der Waals surface area contributed by atoms with E-state index in [0.29, 0.717) is 16.7 Å². The molecule has 0 unspecified atom stereocenters. The number of rotatable bonds is 3. The fourth-order valence-electron chi connectivity index (χ4n) is 3.04. The zero-order valence-electron chi connectivity index (χ0n) is 14.5. The Hall–Kier alpha value is -3.46. The first-order valence-corrected chi connectivity index (χ1v) is 8.55. The molecule has 4 aromatic rings. The molecule has 0 aliphatic rings. The molecule has 3 aromatic carbocycles. The van der Waals surface area contributed by atoms with Crippen molar-refractivity contribution in [2.45, 2.75) is 6.92 Å². The van der Waals surface area contributed by atoms with E-state index in [1.54, 1.807) is 4.57 Å². The molecule has 126 valence electrons. The molecule has 0 amide bonds. The number of nitrogens with zero attached hydrogens (tertiary/aromatic N) is 2. The maximum Gasteiger partial charge on any atom is 0.266 e. The highest BCUT2D eigenvalue weighted by molar-refractivity contribution is 5.80. The molecular weight excluding hydrogens is 320 g/mol. The number of aryl methyl sites for hydroxylation is 1. The number of para-hydroxylation sites is 2. The summed E-state index contributed by atoms with van der Waals surface area (Å²) in [6, 6.07) is 25.3. The Balaban J connectivity index is 1.99. The van der Waals surface area contributed by atoms with E-state index in [9.17, 15) is 4.79 Å². The van der Waals surface area contributed by atoms with E-state index in [-0.39, 0.29) is 5.56 Å². The van der Waals surface area contributed by atoms with Crippen molar-refractivity contribution in [2.75, 3.05) is 0 Å². The smallest absolute Gasteiger partial charge is 0.266 e. The molecule has 3 nitrogen and oxygen atoms in total. The predicted octanol–water partition coefficient (Wildman–Crippen LogP) is 4.86. The zero-order chi connectivity index (χ0) is 17.9.